The van der Waals surface area contributed by atoms with Crippen LogP contribution in [0.5, 0.6) is 17.2 Å². The van der Waals surface area contributed by atoms with Crippen LogP contribution in [0.3, 0.4) is 0 Å². The van der Waals surface area contributed by atoms with Crippen LogP contribution in [0, 0.1) is 6.92 Å². The number of amides is 1. The lowest BCUT2D eigenvalue weighted by Crippen LogP contribution is -2.21. The fourth-order valence-electron chi connectivity index (χ4n) is 2.73. The van der Waals surface area contributed by atoms with Gasteiger partial charge in [-0.2, -0.15) is 0 Å². The number of anilines is 1. The van der Waals surface area contributed by atoms with Crippen molar-refractivity contribution in [3.63, 3.8) is 0 Å². The summed E-state index contributed by atoms with van der Waals surface area (Å²) < 4.78 is 16.7. The molecule has 1 aliphatic heterocycles. The van der Waals surface area contributed by atoms with Gasteiger partial charge < -0.3 is 19.5 Å². The van der Waals surface area contributed by atoms with Crippen molar-refractivity contribution in [3.05, 3.63) is 46.5 Å². The zero-order chi connectivity index (χ0) is 18.7. The summed E-state index contributed by atoms with van der Waals surface area (Å²) >= 11 is 6.22. The molecule has 2 aromatic rings. The van der Waals surface area contributed by atoms with Gasteiger partial charge >= 0.3 is 0 Å². The number of nitrogens with one attached hydrogen (secondary N) is 1. The number of hydrogen-bond acceptors (Lipinski definition) is 4. The van der Waals surface area contributed by atoms with Crippen LogP contribution in [0.1, 0.15) is 30.9 Å². The first-order valence-electron chi connectivity index (χ1n) is 8.56. The Morgan fingerprint density at radius 2 is 1.88 bits per heavy atom. The van der Waals surface area contributed by atoms with Gasteiger partial charge in [0.1, 0.15) is 19.0 Å². The molecule has 3 rings (SSSR count). The lowest BCUT2D eigenvalue weighted by molar-refractivity contribution is -0.118. The average Bonchev–Trinajstić information content (AvgIpc) is 2.60. The summed E-state index contributed by atoms with van der Waals surface area (Å²) in [6.45, 7) is 7.02. The molecule has 0 fully saturated rings. The third-order valence-corrected chi connectivity index (χ3v) is 4.37. The van der Waals surface area contributed by atoms with Gasteiger partial charge in [-0.15, -0.1) is 0 Å². The minimum absolute atomic E-state index is 0.103. The number of carbonyl (C=O) groups is 1. The van der Waals surface area contributed by atoms with Crippen LogP contribution in [0.25, 0.3) is 0 Å². The first-order valence-corrected chi connectivity index (χ1v) is 8.94. The number of carbonyl (C=O) groups excluding carboxylic acids is 1. The number of benzene rings is 2. The summed E-state index contributed by atoms with van der Waals surface area (Å²) in [5.41, 5.74) is 2.62. The molecule has 0 saturated heterocycles. The third kappa shape index (κ3) is 4.22. The first kappa shape index (κ1) is 18.4. The Labute approximate surface area is 158 Å². The number of fused-ring (bicyclic) bond motifs is 1. The van der Waals surface area contributed by atoms with Crippen LogP contribution < -0.4 is 19.5 Å². The topological polar surface area (TPSA) is 56.8 Å². The molecule has 1 heterocycles. The number of ether oxygens (including phenoxy) is 3. The molecular formula is C20H22ClNO4. The normalized spacial score (nSPS) is 12.8. The van der Waals surface area contributed by atoms with E-state index in [0.29, 0.717) is 41.3 Å². The van der Waals surface area contributed by atoms with Gasteiger partial charge in [-0.05, 0) is 30.0 Å². The molecule has 0 radical (unpaired) electrons. The van der Waals surface area contributed by atoms with Gasteiger partial charge in [-0.3, -0.25) is 4.79 Å². The second kappa shape index (κ2) is 7.87. The molecule has 0 spiro atoms. The SMILES string of the molecule is Cc1ccc(C(C)C)c(OCC(=O)Nc2cc3c(cc2Cl)OCCO3)c1. The Balaban J connectivity index is 1.68. The predicted molar refractivity (Wildman–Crippen MR) is 102 cm³/mol. The molecule has 2 aromatic carbocycles. The van der Waals surface area contributed by atoms with Crippen LogP contribution in [-0.4, -0.2) is 25.7 Å². The highest BCUT2D eigenvalue weighted by atomic mass is 35.5. The van der Waals surface area contributed by atoms with Crippen molar-refractivity contribution in [1.82, 2.24) is 0 Å². The quantitative estimate of drug-likeness (QED) is 0.832. The van der Waals surface area contributed by atoms with E-state index in [4.69, 9.17) is 25.8 Å². The summed E-state index contributed by atoms with van der Waals surface area (Å²) in [7, 11) is 0. The summed E-state index contributed by atoms with van der Waals surface area (Å²) in [5, 5.41) is 3.15. The van der Waals surface area contributed by atoms with E-state index in [-0.39, 0.29) is 12.5 Å². The van der Waals surface area contributed by atoms with Crippen molar-refractivity contribution < 1.29 is 19.0 Å². The Morgan fingerprint density at radius 3 is 2.58 bits per heavy atom. The molecule has 5 nitrogen and oxygen atoms in total. The number of hydrogen-bond donors (Lipinski definition) is 1. The molecule has 138 valence electrons. The van der Waals surface area contributed by atoms with Gasteiger partial charge in [0.2, 0.25) is 0 Å². The second-order valence-corrected chi connectivity index (χ2v) is 6.92. The van der Waals surface area contributed by atoms with E-state index in [1.165, 1.54) is 0 Å². The van der Waals surface area contributed by atoms with Crippen molar-refractivity contribution in [2.75, 3.05) is 25.1 Å². The monoisotopic (exact) mass is 375 g/mol. The van der Waals surface area contributed by atoms with Gasteiger partial charge in [0.25, 0.3) is 5.91 Å². The molecule has 0 aromatic heterocycles. The van der Waals surface area contributed by atoms with Crippen molar-refractivity contribution in [3.8, 4) is 17.2 Å². The largest absolute Gasteiger partial charge is 0.486 e. The lowest BCUT2D eigenvalue weighted by Gasteiger charge is -2.20. The molecule has 1 N–H and O–H groups in total. The highest BCUT2D eigenvalue weighted by Gasteiger charge is 2.17. The van der Waals surface area contributed by atoms with Crippen LogP contribution in [0.4, 0.5) is 5.69 Å². The number of halogens is 1. The minimum atomic E-state index is -0.292. The maximum absolute atomic E-state index is 12.3. The van der Waals surface area contributed by atoms with Crippen LogP contribution >= 0.6 is 11.6 Å². The van der Waals surface area contributed by atoms with E-state index in [1.54, 1.807) is 12.1 Å². The zero-order valence-electron chi connectivity index (χ0n) is 15.1. The molecule has 1 aliphatic rings. The van der Waals surface area contributed by atoms with Gasteiger partial charge in [0, 0.05) is 12.1 Å². The fourth-order valence-corrected chi connectivity index (χ4v) is 2.93. The molecule has 0 aliphatic carbocycles. The maximum Gasteiger partial charge on any atom is 0.262 e. The minimum Gasteiger partial charge on any atom is -0.486 e. The molecule has 0 atom stereocenters. The van der Waals surface area contributed by atoms with E-state index in [0.717, 1.165) is 16.9 Å². The standard InChI is InChI=1S/C20H22ClNO4/c1-12(2)14-5-4-13(3)8-17(14)26-11-20(23)22-16-10-19-18(9-15(16)21)24-6-7-25-19/h4-5,8-10,12H,6-7,11H2,1-3H3,(H,22,23). The van der Waals surface area contributed by atoms with Crippen LogP contribution in [-0.2, 0) is 4.79 Å². The first-order chi connectivity index (χ1) is 12.4. The Kier molecular flexibility index (Phi) is 5.57. The van der Waals surface area contributed by atoms with Crippen LogP contribution in [0.15, 0.2) is 30.3 Å². The molecule has 1 amide bonds. The Morgan fingerprint density at radius 1 is 1.19 bits per heavy atom. The number of aryl methyl sites for hydroxylation is 1. The van der Waals surface area contributed by atoms with Crippen LogP contribution in [0.2, 0.25) is 5.02 Å². The summed E-state index contributed by atoms with van der Waals surface area (Å²) in [5.74, 6) is 1.89. The highest BCUT2D eigenvalue weighted by molar-refractivity contribution is 6.34. The van der Waals surface area contributed by atoms with E-state index in [1.807, 2.05) is 25.1 Å². The molecule has 26 heavy (non-hydrogen) atoms. The molecule has 0 unspecified atom stereocenters. The molecular weight excluding hydrogens is 354 g/mol. The predicted octanol–water partition coefficient (Wildman–Crippen LogP) is 4.56. The van der Waals surface area contributed by atoms with Crippen molar-refractivity contribution in [1.29, 1.82) is 0 Å². The smallest absolute Gasteiger partial charge is 0.262 e. The average molecular weight is 376 g/mol. The Bertz CT molecular complexity index is 820. The van der Waals surface area contributed by atoms with Crippen molar-refractivity contribution in [2.24, 2.45) is 0 Å². The van der Waals surface area contributed by atoms with E-state index < -0.39 is 0 Å². The number of rotatable bonds is 5. The molecule has 0 bridgehead atoms. The zero-order valence-corrected chi connectivity index (χ0v) is 15.9. The highest BCUT2D eigenvalue weighted by Crippen LogP contribution is 2.38. The molecule has 6 heteroatoms. The summed E-state index contributed by atoms with van der Waals surface area (Å²) in [6, 6.07) is 9.33. The van der Waals surface area contributed by atoms with Gasteiger partial charge in [-0.25, -0.2) is 0 Å². The second-order valence-electron chi connectivity index (χ2n) is 6.51. The van der Waals surface area contributed by atoms with E-state index in [2.05, 4.69) is 19.2 Å². The maximum atomic E-state index is 12.3. The molecule has 0 saturated carbocycles. The van der Waals surface area contributed by atoms with E-state index >= 15 is 0 Å². The van der Waals surface area contributed by atoms with Gasteiger partial charge in [-0.1, -0.05) is 37.6 Å². The Hall–Kier alpha value is -2.40. The fraction of sp³-hybridized carbons (Fsp3) is 0.350. The summed E-state index contributed by atoms with van der Waals surface area (Å²) in [4.78, 5) is 12.3. The summed E-state index contributed by atoms with van der Waals surface area (Å²) in [6.07, 6.45) is 0. The third-order valence-electron chi connectivity index (χ3n) is 4.06. The van der Waals surface area contributed by atoms with Gasteiger partial charge in [0.05, 0.1) is 10.7 Å². The van der Waals surface area contributed by atoms with Gasteiger partial charge in [0.15, 0.2) is 18.1 Å². The van der Waals surface area contributed by atoms with Crippen molar-refractivity contribution in [2.45, 2.75) is 26.7 Å². The lowest BCUT2D eigenvalue weighted by atomic mass is 10.0. The van der Waals surface area contributed by atoms with Crippen molar-refractivity contribution >= 4 is 23.2 Å². The van der Waals surface area contributed by atoms with E-state index in [9.17, 15) is 4.79 Å².